The lowest BCUT2D eigenvalue weighted by Crippen LogP contribution is -2.25. The van der Waals surface area contributed by atoms with Crippen molar-refractivity contribution in [3.05, 3.63) is 29.3 Å². The summed E-state index contributed by atoms with van der Waals surface area (Å²) in [6, 6.07) is 4.87. The first-order valence-electron chi connectivity index (χ1n) is 7.28. The summed E-state index contributed by atoms with van der Waals surface area (Å²) in [6.07, 6.45) is 3.59. The molecule has 21 heavy (non-hydrogen) atoms. The van der Waals surface area contributed by atoms with E-state index in [1.807, 2.05) is 0 Å². The highest BCUT2D eigenvalue weighted by Crippen LogP contribution is 2.54. The number of carbonyl (C=O) groups is 2. The van der Waals surface area contributed by atoms with Crippen molar-refractivity contribution >= 4 is 11.9 Å². The third-order valence-electron chi connectivity index (χ3n) is 4.37. The van der Waals surface area contributed by atoms with Gasteiger partial charge in [-0.3, -0.25) is 4.79 Å². The number of carboxylic acid groups (broad SMARTS) is 1. The summed E-state index contributed by atoms with van der Waals surface area (Å²) in [5.74, 6) is 1.000. The number of carboxylic acids is 1. The van der Waals surface area contributed by atoms with Crippen LogP contribution < -0.4 is 10.1 Å². The molecule has 2 N–H and O–H groups in total. The normalized spacial score (nSPS) is 23.5. The average molecular weight is 289 g/mol. The van der Waals surface area contributed by atoms with Gasteiger partial charge in [0.15, 0.2) is 0 Å². The standard InChI is InChI=1S/C16H19NO4/c1-21-14-6-9(2-5-11(14)16(19)20)8-17-15(18)13-7-12(13)10-3-4-10/h2,5-6,10,12-13H,3-4,7-8H2,1H3,(H,17,18)(H,19,20)/t12-,13+/m1/s1. The first-order valence-corrected chi connectivity index (χ1v) is 7.28. The Balaban J connectivity index is 1.57. The van der Waals surface area contributed by atoms with Crippen molar-refractivity contribution in [1.82, 2.24) is 5.32 Å². The van der Waals surface area contributed by atoms with Gasteiger partial charge in [-0.1, -0.05) is 6.07 Å². The lowest BCUT2D eigenvalue weighted by molar-refractivity contribution is -0.122. The van der Waals surface area contributed by atoms with E-state index in [2.05, 4.69) is 5.32 Å². The molecular weight excluding hydrogens is 270 g/mol. The number of amides is 1. The monoisotopic (exact) mass is 289 g/mol. The maximum Gasteiger partial charge on any atom is 0.339 e. The molecule has 2 atom stereocenters. The number of aromatic carboxylic acids is 1. The first-order chi connectivity index (χ1) is 10.1. The number of rotatable bonds is 6. The summed E-state index contributed by atoms with van der Waals surface area (Å²) >= 11 is 0. The highest BCUT2D eigenvalue weighted by molar-refractivity contribution is 5.91. The number of ether oxygens (including phenoxy) is 1. The topological polar surface area (TPSA) is 75.6 Å². The van der Waals surface area contributed by atoms with Crippen molar-refractivity contribution in [3.8, 4) is 5.75 Å². The molecule has 2 saturated carbocycles. The zero-order valence-electron chi connectivity index (χ0n) is 12.0. The van der Waals surface area contributed by atoms with Gasteiger partial charge in [0.2, 0.25) is 5.91 Å². The van der Waals surface area contributed by atoms with E-state index in [0.717, 1.165) is 17.9 Å². The van der Waals surface area contributed by atoms with Gasteiger partial charge < -0.3 is 15.2 Å². The van der Waals surface area contributed by atoms with E-state index in [9.17, 15) is 9.59 Å². The molecule has 5 nitrogen and oxygen atoms in total. The number of hydrogen-bond donors (Lipinski definition) is 2. The van der Waals surface area contributed by atoms with Gasteiger partial charge in [0.1, 0.15) is 11.3 Å². The van der Waals surface area contributed by atoms with Crippen molar-refractivity contribution < 1.29 is 19.4 Å². The quantitative estimate of drug-likeness (QED) is 0.840. The van der Waals surface area contributed by atoms with Crippen LogP contribution in [0.25, 0.3) is 0 Å². The fraction of sp³-hybridized carbons (Fsp3) is 0.500. The van der Waals surface area contributed by atoms with Crippen LogP contribution >= 0.6 is 0 Å². The van der Waals surface area contributed by atoms with Gasteiger partial charge in [-0.15, -0.1) is 0 Å². The van der Waals surface area contributed by atoms with Crippen molar-refractivity contribution in [2.45, 2.75) is 25.8 Å². The van der Waals surface area contributed by atoms with Crippen molar-refractivity contribution in [2.75, 3.05) is 7.11 Å². The van der Waals surface area contributed by atoms with Gasteiger partial charge in [-0.25, -0.2) is 4.79 Å². The van der Waals surface area contributed by atoms with Crippen LogP contribution in [0.15, 0.2) is 18.2 Å². The predicted molar refractivity (Wildman–Crippen MR) is 76.1 cm³/mol. The molecule has 1 amide bonds. The second-order valence-electron chi connectivity index (χ2n) is 5.90. The smallest absolute Gasteiger partial charge is 0.339 e. The van der Waals surface area contributed by atoms with Gasteiger partial charge >= 0.3 is 5.97 Å². The number of hydrogen-bond acceptors (Lipinski definition) is 3. The molecule has 0 saturated heterocycles. The molecule has 3 rings (SSSR count). The fourth-order valence-electron chi connectivity index (χ4n) is 2.90. The summed E-state index contributed by atoms with van der Waals surface area (Å²) in [4.78, 5) is 23.0. The van der Waals surface area contributed by atoms with E-state index in [1.54, 1.807) is 12.1 Å². The molecule has 0 radical (unpaired) electrons. The van der Waals surface area contributed by atoms with Crippen molar-refractivity contribution in [1.29, 1.82) is 0 Å². The summed E-state index contributed by atoms with van der Waals surface area (Å²) in [5.41, 5.74) is 0.970. The molecule has 1 aromatic rings. The summed E-state index contributed by atoms with van der Waals surface area (Å²) in [5, 5.41) is 12.0. The molecule has 2 aliphatic rings. The molecule has 1 aromatic carbocycles. The SMILES string of the molecule is COc1cc(CNC(=O)[C@H]2C[C@@H]2C2CC2)ccc1C(=O)O. The summed E-state index contributed by atoms with van der Waals surface area (Å²) in [6.45, 7) is 0.406. The van der Waals surface area contributed by atoms with Crippen LogP contribution in [-0.2, 0) is 11.3 Å². The zero-order chi connectivity index (χ0) is 15.0. The predicted octanol–water partition coefficient (Wildman–Crippen LogP) is 2.06. The van der Waals surface area contributed by atoms with Crippen LogP contribution in [0.1, 0.15) is 35.2 Å². The number of benzene rings is 1. The van der Waals surface area contributed by atoms with Crippen molar-refractivity contribution in [2.24, 2.45) is 17.8 Å². The third-order valence-corrected chi connectivity index (χ3v) is 4.37. The Morgan fingerprint density at radius 2 is 2.14 bits per heavy atom. The Bertz CT molecular complexity index is 580. The highest BCUT2D eigenvalue weighted by atomic mass is 16.5. The van der Waals surface area contributed by atoms with Crippen LogP contribution in [0.2, 0.25) is 0 Å². The summed E-state index contributed by atoms with van der Waals surface area (Å²) in [7, 11) is 1.44. The van der Waals surface area contributed by atoms with E-state index in [1.165, 1.54) is 26.0 Å². The van der Waals surface area contributed by atoms with Crippen LogP contribution in [0.5, 0.6) is 5.75 Å². The molecule has 0 aromatic heterocycles. The molecule has 5 heteroatoms. The second-order valence-corrected chi connectivity index (χ2v) is 5.90. The fourth-order valence-corrected chi connectivity index (χ4v) is 2.90. The Morgan fingerprint density at radius 1 is 1.38 bits per heavy atom. The highest BCUT2D eigenvalue weighted by Gasteiger charge is 2.50. The lowest BCUT2D eigenvalue weighted by atomic mass is 10.1. The Labute approximate surface area is 123 Å². The van der Waals surface area contributed by atoms with Gasteiger partial charge in [-0.05, 0) is 48.8 Å². The Kier molecular flexibility index (Phi) is 3.57. The molecule has 0 heterocycles. The molecule has 2 aliphatic carbocycles. The number of nitrogens with one attached hydrogen (secondary N) is 1. The molecule has 0 bridgehead atoms. The maximum atomic E-state index is 12.0. The molecule has 2 fully saturated rings. The number of methoxy groups -OCH3 is 1. The van der Waals surface area contributed by atoms with E-state index >= 15 is 0 Å². The molecular formula is C16H19NO4. The Hall–Kier alpha value is -2.04. The summed E-state index contributed by atoms with van der Waals surface area (Å²) < 4.78 is 5.08. The van der Waals surface area contributed by atoms with Crippen LogP contribution in [0, 0.1) is 17.8 Å². The Morgan fingerprint density at radius 3 is 2.76 bits per heavy atom. The minimum absolute atomic E-state index is 0.119. The molecule has 0 aliphatic heterocycles. The second kappa shape index (κ2) is 5.39. The molecule has 112 valence electrons. The van der Waals surface area contributed by atoms with Crippen LogP contribution in [0.3, 0.4) is 0 Å². The van der Waals surface area contributed by atoms with E-state index in [-0.39, 0.29) is 17.4 Å². The third kappa shape index (κ3) is 3.01. The minimum atomic E-state index is -1.02. The first kappa shape index (κ1) is 13.9. The van der Waals surface area contributed by atoms with E-state index in [4.69, 9.17) is 9.84 Å². The maximum absolute atomic E-state index is 12.0. The lowest BCUT2D eigenvalue weighted by Gasteiger charge is -2.09. The van der Waals surface area contributed by atoms with Gasteiger partial charge in [-0.2, -0.15) is 0 Å². The number of carbonyl (C=O) groups excluding carboxylic acids is 1. The average Bonchev–Trinajstić information content (AvgIpc) is 3.35. The minimum Gasteiger partial charge on any atom is -0.496 e. The van der Waals surface area contributed by atoms with E-state index < -0.39 is 5.97 Å². The van der Waals surface area contributed by atoms with Gasteiger partial charge in [0, 0.05) is 12.5 Å². The zero-order valence-corrected chi connectivity index (χ0v) is 12.0. The largest absolute Gasteiger partial charge is 0.496 e. The van der Waals surface area contributed by atoms with Gasteiger partial charge in [0.25, 0.3) is 0 Å². The molecule has 0 spiro atoms. The van der Waals surface area contributed by atoms with Crippen LogP contribution in [0.4, 0.5) is 0 Å². The van der Waals surface area contributed by atoms with Gasteiger partial charge in [0.05, 0.1) is 7.11 Å². The van der Waals surface area contributed by atoms with Crippen molar-refractivity contribution in [3.63, 3.8) is 0 Å². The molecule has 0 unspecified atom stereocenters. The van der Waals surface area contributed by atoms with E-state index in [0.29, 0.717) is 18.2 Å². The van der Waals surface area contributed by atoms with Crippen LogP contribution in [-0.4, -0.2) is 24.1 Å².